The van der Waals surface area contributed by atoms with Crippen LogP contribution in [0.3, 0.4) is 0 Å². The minimum atomic E-state index is 0.387. The highest BCUT2D eigenvalue weighted by molar-refractivity contribution is 7.80. The van der Waals surface area contributed by atoms with E-state index in [2.05, 4.69) is 41.3 Å². The molecule has 4 rings (SSSR count). The lowest BCUT2D eigenvalue weighted by Crippen LogP contribution is -2.34. The van der Waals surface area contributed by atoms with Crippen molar-refractivity contribution in [1.29, 1.82) is 0 Å². The summed E-state index contributed by atoms with van der Waals surface area (Å²) in [5.74, 6) is 1.50. The number of hydrogen-bond donors (Lipinski definition) is 4. The Kier molecular flexibility index (Phi) is 5.96. The van der Waals surface area contributed by atoms with Crippen molar-refractivity contribution in [2.24, 2.45) is 0 Å². The predicted octanol–water partition coefficient (Wildman–Crippen LogP) is 3.53. The quantitative estimate of drug-likeness (QED) is 0.362. The largest absolute Gasteiger partial charge is 0.341 e. The number of anilines is 5. The van der Waals surface area contributed by atoms with E-state index < -0.39 is 0 Å². The van der Waals surface area contributed by atoms with Crippen molar-refractivity contribution in [1.82, 2.24) is 20.4 Å². The summed E-state index contributed by atoms with van der Waals surface area (Å²) in [4.78, 5) is 15.7. The van der Waals surface area contributed by atoms with Gasteiger partial charge in [-0.25, -0.2) is 0 Å². The first-order valence-electron chi connectivity index (χ1n) is 9.47. The molecule has 0 atom stereocenters. The lowest BCUT2D eigenvalue weighted by Gasteiger charge is -2.18. The van der Waals surface area contributed by atoms with Crippen LogP contribution < -0.4 is 26.4 Å². The summed E-state index contributed by atoms with van der Waals surface area (Å²) >= 11 is 5.33. The molecule has 0 unspecified atom stereocenters. The zero-order valence-corrected chi connectivity index (χ0v) is 16.6. The molecule has 2 heterocycles. The number of hydrogen-bond acceptors (Lipinski definition) is 7. The normalized spacial score (nSPS) is 13.0. The summed E-state index contributed by atoms with van der Waals surface area (Å²) in [5.41, 5.74) is 7.70. The smallest absolute Gasteiger partial charge is 0.248 e. The average molecular weight is 407 g/mol. The molecule has 1 aromatic heterocycles. The van der Waals surface area contributed by atoms with Gasteiger partial charge in [0.05, 0.1) is 0 Å². The maximum atomic E-state index is 5.33. The third-order valence-corrected chi connectivity index (χ3v) is 4.57. The van der Waals surface area contributed by atoms with Crippen LogP contribution in [0.2, 0.25) is 0 Å². The van der Waals surface area contributed by atoms with Crippen molar-refractivity contribution in [3.63, 3.8) is 0 Å². The Balaban J connectivity index is 1.48. The van der Waals surface area contributed by atoms with Gasteiger partial charge in [-0.15, -0.1) is 0 Å². The van der Waals surface area contributed by atoms with Crippen molar-refractivity contribution in [2.45, 2.75) is 12.8 Å². The number of aromatic nitrogens is 3. The van der Waals surface area contributed by atoms with Crippen LogP contribution in [0, 0.1) is 0 Å². The van der Waals surface area contributed by atoms with E-state index in [1.165, 1.54) is 0 Å². The molecular formula is C20H22N8S. The highest BCUT2D eigenvalue weighted by Crippen LogP contribution is 2.20. The first-order chi connectivity index (χ1) is 14.3. The van der Waals surface area contributed by atoms with Crippen LogP contribution in [0.25, 0.3) is 0 Å². The molecule has 0 radical (unpaired) electrons. The fourth-order valence-electron chi connectivity index (χ4n) is 2.98. The molecule has 9 heteroatoms. The van der Waals surface area contributed by atoms with E-state index in [1.807, 2.05) is 60.7 Å². The fourth-order valence-corrected chi connectivity index (χ4v) is 3.15. The van der Waals surface area contributed by atoms with Crippen LogP contribution in [0.1, 0.15) is 12.8 Å². The zero-order chi connectivity index (χ0) is 19.9. The second-order valence-electron chi connectivity index (χ2n) is 6.54. The maximum Gasteiger partial charge on any atom is 0.248 e. The van der Waals surface area contributed by atoms with Gasteiger partial charge in [0.2, 0.25) is 17.8 Å². The van der Waals surface area contributed by atoms with Crippen LogP contribution in [0.5, 0.6) is 0 Å². The first kappa shape index (κ1) is 18.9. The summed E-state index contributed by atoms with van der Waals surface area (Å²) in [5, 5.41) is 6.74. The van der Waals surface area contributed by atoms with Gasteiger partial charge < -0.3 is 15.5 Å². The minimum absolute atomic E-state index is 0.387. The van der Waals surface area contributed by atoms with Gasteiger partial charge in [-0.3, -0.25) is 10.9 Å². The van der Waals surface area contributed by atoms with E-state index in [-0.39, 0.29) is 0 Å². The van der Waals surface area contributed by atoms with Crippen LogP contribution in [-0.4, -0.2) is 33.2 Å². The molecule has 3 aromatic rings. The number of hydrazine groups is 1. The van der Waals surface area contributed by atoms with E-state index >= 15 is 0 Å². The van der Waals surface area contributed by atoms with Gasteiger partial charge in [-0.2, -0.15) is 15.0 Å². The lowest BCUT2D eigenvalue weighted by atomic mass is 10.3. The van der Waals surface area contributed by atoms with Crippen LogP contribution in [0.4, 0.5) is 29.2 Å². The van der Waals surface area contributed by atoms with E-state index in [1.54, 1.807) is 0 Å². The van der Waals surface area contributed by atoms with Crippen LogP contribution in [-0.2, 0) is 0 Å². The summed E-state index contributed by atoms with van der Waals surface area (Å²) in [6.07, 6.45) is 2.28. The van der Waals surface area contributed by atoms with E-state index in [0.717, 1.165) is 37.3 Å². The summed E-state index contributed by atoms with van der Waals surface area (Å²) in [7, 11) is 0. The van der Waals surface area contributed by atoms with Gasteiger partial charge in [0.15, 0.2) is 5.11 Å². The molecule has 8 nitrogen and oxygen atoms in total. The Morgan fingerprint density at radius 3 is 2.10 bits per heavy atom. The van der Waals surface area contributed by atoms with Gasteiger partial charge in [0, 0.05) is 24.5 Å². The van der Waals surface area contributed by atoms with Crippen molar-refractivity contribution < 1.29 is 0 Å². The standard InChI is InChI=1S/C20H22N8S/c29-20(22-16-11-5-2-6-12-16)27-26-18-23-17(21-15-9-3-1-4-10-15)24-19(25-18)28-13-7-8-14-28/h1-6,9-12H,7-8,13-14H2,(H2,22,27,29)(H2,21,23,24,25,26). The maximum absolute atomic E-state index is 5.33. The second-order valence-corrected chi connectivity index (χ2v) is 6.95. The molecule has 4 N–H and O–H groups in total. The molecule has 1 aliphatic heterocycles. The fraction of sp³-hybridized carbons (Fsp3) is 0.200. The van der Waals surface area contributed by atoms with Crippen molar-refractivity contribution in [3.8, 4) is 0 Å². The molecule has 0 spiro atoms. The minimum Gasteiger partial charge on any atom is -0.341 e. The monoisotopic (exact) mass is 406 g/mol. The number of thiocarbonyl (C=S) groups is 1. The highest BCUT2D eigenvalue weighted by Gasteiger charge is 2.17. The lowest BCUT2D eigenvalue weighted by molar-refractivity contribution is 0.877. The number of rotatable bonds is 6. The molecule has 2 aromatic carbocycles. The van der Waals surface area contributed by atoms with Gasteiger partial charge in [0.1, 0.15) is 0 Å². The Labute approximate surface area is 174 Å². The molecule has 0 bridgehead atoms. The summed E-state index contributed by atoms with van der Waals surface area (Å²) < 4.78 is 0. The summed E-state index contributed by atoms with van der Waals surface area (Å²) in [6.45, 7) is 1.88. The van der Waals surface area contributed by atoms with Crippen LogP contribution >= 0.6 is 12.2 Å². The van der Waals surface area contributed by atoms with Crippen molar-refractivity contribution in [2.75, 3.05) is 34.0 Å². The molecule has 1 aliphatic rings. The zero-order valence-electron chi connectivity index (χ0n) is 15.8. The Morgan fingerprint density at radius 2 is 1.41 bits per heavy atom. The number of nitrogens with zero attached hydrogens (tertiary/aromatic N) is 4. The molecule has 0 aliphatic carbocycles. The number of nitrogens with one attached hydrogen (secondary N) is 4. The van der Waals surface area contributed by atoms with E-state index in [0.29, 0.717) is 23.0 Å². The SMILES string of the molecule is S=C(NNc1nc(Nc2ccccc2)nc(N2CCCC2)n1)Nc1ccccc1. The van der Waals surface area contributed by atoms with Gasteiger partial charge in [-0.1, -0.05) is 36.4 Å². The van der Waals surface area contributed by atoms with Gasteiger partial charge in [-0.05, 0) is 49.3 Å². The molecule has 148 valence electrons. The molecule has 29 heavy (non-hydrogen) atoms. The van der Waals surface area contributed by atoms with Gasteiger partial charge in [0.25, 0.3) is 0 Å². The summed E-state index contributed by atoms with van der Waals surface area (Å²) in [6, 6.07) is 19.5. The second kappa shape index (κ2) is 9.16. The molecule has 0 saturated carbocycles. The Morgan fingerprint density at radius 1 is 0.793 bits per heavy atom. The Hall–Kier alpha value is -3.46. The predicted molar refractivity (Wildman–Crippen MR) is 120 cm³/mol. The van der Waals surface area contributed by atoms with E-state index in [4.69, 9.17) is 12.2 Å². The number of para-hydroxylation sites is 2. The highest BCUT2D eigenvalue weighted by atomic mass is 32.1. The topological polar surface area (TPSA) is 90.0 Å². The molecule has 0 amide bonds. The van der Waals surface area contributed by atoms with Gasteiger partial charge >= 0.3 is 0 Å². The molecule has 1 fully saturated rings. The van der Waals surface area contributed by atoms with Crippen molar-refractivity contribution >= 4 is 46.6 Å². The van der Waals surface area contributed by atoms with Crippen molar-refractivity contribution in [3.05, 3.63) is 60.7 Å². The van der Waals surface area contributed by atoms with Crippen LogP contribution in [0.15, 0.2) is 60.7 Å². The molecular weight excluding hydrogens is 384 g/mol. The molecule has 1 saturated heterocycles. The average Bonchev–Trinajstić information content (AvgIpc) is 3.29. The third-order valence-electron chi connectivity index (χ3n) is 4.36. The third kappa shape index (κ3) is 5.29. The Bertz CT molecular complexity index is 945. The first-order valence-corrected chi connectivity index (χ1v) is 9.88. The number of benzene rings is 2. The van der Waals surface area contributed by atoms with E-state index in [9.17, 15) is 0 Å².